The highest BCUT2D eigenvalue weighted by Crippen LogP contribution is 2.32. The van der Waals surface area contributed by atoms with Crippen molar-refractivity contribution in [2.24, 2.45) is 0 Å². The number of nitrogens with zero attached hydrogens (tertiary/aromatic N) is 2. The predicted octanol–water partition coefficient (Wildman–Crippen LogP) is 5.79. The molecule has 0 saturated heterocycles. The summed E-state index contributed by atoms with van der Waals surface area (Å²) in [6.07, 6.45) is 0.290. The quantitative estimate of drug-likeness (QED) is 0.274. The van der Waals surface area contributed by atoms with Crippen molar-refractivity contribution in [1.82, 2.24) is 10.2 Å². The molecule has 3 aromatic rings. The van der Waals surface area contributed by atoms with E-state index >= 15 is 0 Å². The number of anilines is 1. The van der Waals surface area contributed by atoms with Crippen molar-refractivity contribution < 1.29 is 22.7 Å². The van der Waals surface area contributed by atoms with E-state index in [2.05, 4.69) is 5.32 Å². The van der Waals surface area contributed by atoms with Crippen LogP contribution < -0.4 is 14.4 Å². The van der Waals surface area contributed by atoms with Gasteiger partial charge in [-0.3, -0.25) is 13.9 Å². The number of nitrogens with one attached hydrogen (secondary N) is 1. The van der Waals surface area contributed by atoms with E-state index in [1.807, 2.05) is 0 Å². The van der Waals surface area contributed by atoms with Gasteiger partial charge in [0, 0.05) is 13.1 Å². The van der Waals surface area contributed by atoms with E-state index in [0.717, 1.165) is 4.31 Å². The fourth-order valence-corrected chi connectivity index (χ4v) is 6.10. The van der Waals surface area contributed by atoms with Gasteiger partial charge in [-0.15, -0.1) is 0 Å². The Hall–Kier alpha value is -2.98. The fourth-order valence-electron chi connectivity index (χ4n) is 4.11. The first-order chi connectivity index (χ1) is 19.0. The van der Waals surface area contributed by atoms with Crippen LogP contribution in [0, 0.1) is 0 Å². The molecule has 0 aliphatic heterocycles. The number of hydrogen-bond acceptors (Lipinski definition) is 5. The van der Waals surface area contributed by atoms with Crippen LogP contribution in [0.5, 0.6) is 5.75 Å². The van der Waals surface area contributed by atoms with E-state index in [4.69, 9.17) is 39.5 Å². The Morgan fingerprint density at radius 1 is 0.925 bits per heavy atom. The molecule has 214 valence electrons. The van der Waals surface area contributed by atoms with Gasteiger partial charge in [0.2, 0.25) is 11.8 Å². The average molecular weight is 627 g/mol. The third-order valence-electron chi connectivity index (χ3n) is 6.11. The second kappa shape index (κ2) is 14.1. The number of hydrogen-bond donors (Lipinski definition) is 1. The van der Waals surface area contributed by atoms with Gasteiger partial charge in [0.1, 0.15) is 18.3 Å². The molecule has 40 heavy (non-hydrogen) atoms. The van der Waals surface area contributed by atoms with Crippen molar-refractivity contribution in [1.29, 1.82) is 0 Å². The summed E-state index contributed by atoms with van der Waals surface area (Å²) in [5, 5.41) is 3.56. The molecule has 1 N–H and O–H groups in total. The first-order valence-electron chi connectivity index (χ1n) is 12.5. The molecule has 8 nitrogen and oxygen atoms in total. The van der Waals surface area contributed by atoms with Gasteiger partial charge in [-0.1, -0.05) is 66.0 Å². The summed E-state index contributed by atoms with van der Waals surface area (Å²) in [5.41, 5.74) is 0.777. The van der Waals surface area contributed by atoms with Gasteiger partial charge in [-0.2, -0.15) is 0 Å². The zero-order valence-electron chi connectivity index (χ0n) is 22.2. The van der Waals surface area contributed by atoms with Crippen LogP contribution in [0.3, 0.4) is 0 Å². The molecule has 3 aromatic carbocycles. The molecule has 3 rings (SSSR count). The van der Waals surface area contributed by atoms with Gasteiger partial charge in [0.25, 0.3) is 10.0 Å². The maximum Gasteiger partial charge on any atom is 0.264 e. The summed E-state index contributed by atoms with van der Waals surface area (Å²) in [4.78, 5) is 28.3. The van der Waals surface area contributed by atoms with Gasteiger partial charge in [0.15, 0.2) is 0 Å². The maximum atomic E-state index is 14.0. The van der Waals surface area contributed by atoms with E-state index in [-0.39, 0.29) is 28.1 Å². The second-order valence-corrected chi connectivity index (χ2v) is 11.8. The van der Waals surface area contributed by atoms with Crippen LogP contribution in [0.25, 0.3) is 0 Å². The number of carbonyl (C=O) groups is 2. The smallest absolute Gasteiger partial charge is 0.264 e. The Labute approximate surface area is 249 Å². The summed E-state index contributed by atoms with van der Waals surface area (Å²) in [6, 6.07) is 16.2. The monoisotopic (exact) mass is 625 g/mol. The summed E-state index contributed by atoms with van der Waals surface area (Å²) in [5.74, 6) is -0.615. The molecular formula is C28H30Cl3N3O5S. The fraction of sp³-hybridized carbons (Fsp3) is 0.286. The van der Waals surface area contributed by atoms with Crippen LogP contribution in [0.15, 0.2) is 71.6 Å². The summed E-state index contributed by atoms with van der Waals surface area (Å²) < 4.78 is 33.9. The summed E-state index contributed by atoms with van der Waals surface area (Å²) >= 11 is 18.6. The van der Waals surface area contributed by atoms with Crippen LogP contribution in [-0.2, 0) is 26.2 Å². The first-order valence-corrected chi connectivity index (χ1v) is 15.0. The molecular weight excluding hydrogens is 597 g/mol. The Bertz CT molecular complexity index is 1450. The molecule has 0 fully saturated rings. The van der Waals surface area contributed by atoms with E-state index < -0.39 is 28.5 Å². The third-order valence-corrected chi connectivity index (χ3v) is 8.93. The van der Waals surface area contributed by atoms with Crippen LogP contribution in [0.2, 0.25) is 15.1 Å². The number of sulfonamides is 1. The second-order valence-electron chi connectivity index (χ2n) is 8.73. The third kappa shape index (κ3) is 7.40. The Kier molecular flexibility index (Phi) is 11.1. The maximum absolute atomic E-state index is 14.0. The molecule has 0 spiro atoms. The van der Waals surface area contributed by atoms with Crippen molar-refractivity contribution in [3.8, 4) is 5.75 Å². The van der Waals surface area contributed by atoms with Crippen molar-refractivity contribution in [3.63, 3.8) is 0 Å². The molecule has 0 aliphatic carbocycles. The number of ether oxygens (including phenoxy) is 1. The number of carbonyl (C=O) groups excluding carboxylic acids is 2. The first kappa shape index (κ1) is 31.5. The predicted molar refractivity (Wildman–Crippen MR) is 159 cm³/mol. The lowest BCUT2D eigenvalue weighted by Crippen LogP contribution is -2.52. The van der Waals surface area contributed by atoms with Crippen LogP contribution in [-0.4, -0.2) is 51.4 Å². The highest BCUT2D eigenvalue weighted by molar-refractivity contribution is 7.92. The zero-order valence-corrected chi connectivity index (χ0v) is 25.3. The highest BCUT2D eigenvalue weighted by atomic mass is 35.5. The van der Waals surface area contributed by atoms with E-state index in [1.54, 1.807) is 50.2 Å². The van der Waals surface area contributed by atoms with Crippen molar-refractivity contribution in [2.75, 3.05) is 24.5 Å². The average Bonchev–Trinajstić information content (AvgIpc) is 2.94. The Balaban J connectivity index is 2.09. The molecule has 0 aromatic heterocycles. The number of methoxy groups -OCH3 is 1. The number of rotatable bonds is 12. The minimum Gasteiger partial charge on any atom is -0.495 e. The minimum atomic E-state index is -4.22. The summed E-state index contributed by atoms with van der Waals surface area (Å²) in [6.45, 7) is 3.31. The standard InChI is InChI=1S/C28H30Cl3N3O5S/c1-4-25(28(36)32-5-2)33(17-19-11-13-22(29)23(30)15-19)27(35)18-34(20-12-14-26(39-3)24(31)16-20)40(37,38)21-9-7-6-8-10-21/h6-16,25H,4-5,17-18H2,1-3H3,(H,32,36)/t25-/m0/s1. The van der Waals surface area contributed by atoms with E-state index in [0.29, 0.717) is 34.3 Å². The van der Waals surface area contributed by atoms with E-state index in [9.17, 15) is 18.0 Å². The lowest BCUT2D eigenvalue weighted by molar-refractivity contribution is -0.140. The van der Waals surface area contributed by atoms with Gasteiger partial charge < -0.3 is 15.0 Å². The molecule has 0 saturated carbocycles. The molecule has 0 heterocycles. The zero-order chi connectivity index (χ0) is 29.4. The SMILES string of the molecule is CCNC(=O)[C@H](CC)N(Cc1ccc(Cl)c(Cl)c1)C(=O)CN(c1ccc(OC)c(Cl)c1)S(=O)(=O)c1ccccc1. The van der Waals surface area contributed by atoms with Gasteiger partial charge in [0.05, 0.1) is 32.8 Å². The molecule has 0 aliphatic rings. The molecule has 0 unspecified atom stereocenters. The highest BCUT2D eigenvalue weighted by Gasteiger charge is 2.33. The summed E-state index contributed by atoms with van der Waals surface area (Å²) in [7, 11) is -2.78. The van der Waals surface area contributed by atoms with E-state index in [1.165, 1.54) is 42.3 Å². The van der Waals surface area contributed by atoms with Crippen molar-refractivity contribution >= 4 is 62.3 Å². The molecule has 0 radical (unpaired) electrons. The van der Waals surface area contributed by atoms with Crippen LogP contribution in [0.1, 0.15) is 25.8 Å². The Morgan fingerprint density at radius 2 is 1.62 bits per heavy atom. The molecule has 1 atom stereocenters. The lowest BCUT2D eigenvalue weighted by Gasteiger charge is -2.33. The minimum absolute atomic E-state index is 0.00600. The van der Waals surface area contributed by atoms with Crippen LogP contribution in [0.4, 0.5) is 5.69 Å². The van der Waals surface area contributed by atoms with Crippen LogP contribution >= 0.6 is 34.8 Å². The van der Waals surface area contributed by atoms with Gasteiger partial charge in [-0.05, 0) is 61.4 Å². The topological polar surface area (TPSA) is 96.0 Å². The number of likely N-dealkylation sites (N-methyl/N-ethyl adjacent to an activating group) is 1. The number of halogens is 3. The van der Waals surface area contributed by atoms with Crippen molar-refractivity contribution in [3.05, 3.63) is 87.4 Å². The molecule has 2 amide bonds. The normalized spacial score (nSPS) is 11.9. The lowest BCUT2D eigenvalue weighted by atomic mass is 10.1. The Morgan fingerprint density at radius 3 is 2.20 bits per heavy atom. The van der Waals surface area contributed by atoms with Crippen molar-refractivity contribution in [2.45, 2.75) is 37.8 Å². The largest absolute Gasteiger partial charge is 0.495 e. The number of benzene rings is 3. The number of amides is 2. The molecule has 0 bridgehead atoms. The molecule has 12 heteroatoms. The van der Waals surface area contributed by atoms with Gasteiger partial charge >= 0.3 is 0 Å². The van der Waals surface area contributed by atoms with Gasteiger partial charge in [-0.25, -0.2) is 8.42 Å².